The summed E-state index contributed by atoms with van der Waals surface area (Å²) in [6.45, 7) is -0.260. The SMILES string of the molecule is CNc1cc(N(CC(=O)OC)CC(=O)OC)c(OC)cc1N. The van der Waals surface area contributed by atoms with Crippen LogP contribution in [0.4, 0.5) is 17.1 Å². The number of rotatable bonds is 7. The van der Waals surface area contributed by atoms with E-state index in [0.29, 0.717) is 22.8 Å². The Morgan fingerprint density at radius 3 is 2.09 bits per heavy atom. The maximum absolute atomic E-state index is 11.6. The van der Waals surface area contributed by atoms with Crippen LogP contribution in [0.15, 0.2) is 12.1 Å². The van der Waals surface area contributed by atoms with E-state index in [0.717, 1.165) is 0 Å². The summed E-state index contributed by atoms with van der Waals surface area (Å²) >= 11 is 0. The lowest BCUT2D eigenvalue weighted by atomic mass is 10.2. The summed E-state index contributed by atoms with van der Waals surface area (Å²) in [5.74, 6) is -0.549. The first-order chi connectivity index (χ1) is 10.5. The van der Waals surface area contributed by atoms with Crippen LogP contribution in [0.25, 0.3) is 0 Å². The van der Waals surface area contributed by atoms with Gasteiger partial charge in [-0.15, -0.1) is 0 Å². The maximum atomic E-state index is 11.6. The fraction of sp³-hybridized carbons (Fsp3) is 0.429. The van der Waals surface area contributed by atoms with Gasteiger partial charge in [-0.1, -0.05) is 0 Å². The molecule has 3 N–H and O–H groups in total. The quantitative estimate of drug-likeness (QED) is 0.553. The molecule has 1 aromatic rings. The molecule has 0 fully saturated rings. The molecule has 0 atom stereocenters. The van der Waals surface area contributed by atoms with Gasteiger partial charge in [-0.3, -0.25) is 9.59 Å². The Balaban J connectivity index is 3.26. The molecular formula is C14H21N3O5. The van der Waals surface area contributed by atoms with Crippen LogP contribution in [0.2, 0.25) is 0 Å². The topological polar surface area (TPSA) is 103 Å². The lowest BCUT2D eigenvalue weighted by Gasteiger charge is -2.25. The highest BCUT2D eigenvalue weighted by molar-refractivity contribution is 5.85. The summed E-state index contributed by atoms with van der Waals surface area (Å²) in [7, 11) is 5.74. The minimum Gasteiger partial charge on any atom is -0.495 e. The normalized spacial score (nSPS) is 9.82. The number of nitrogen functional groups attached to an aromatic ring is 1. The molecule has 0 amide bonds. The lowest BCUT2D eigenvalue weighted by molar-refractivity contribution is -0.140. The zero-order valence-electron chi connectivity index (χ0n) is 13.1. The van der Waals surface area contributed by atoms with Gasteiger partial charge in [-0.05, 0) is 6.07 Å². The van der Waals surface area contributed by atoms with Crippen molar-refractivity contribution < 1.29 is 23.8 Å². The number of anilines is 3. The summed E-state index contributed by atoms with van der Waals surface area (Å²) in [6, 6.07) is 3.31. The number of carbonyl (C=O) groups excluding carboxylic acids is 2. The molecule has 0 aliphatic heterocycles. The molecule has 0 saturated carbocycles. The molecule has 0 saturated heterocycles. The molecule has 1 aromatic carbocycles. The van der Waals surface area contributed by atoms with E-state index in [1.54, 1.807) is 19.2 Å². The smallest absolute Gasteiger partial charge is 0.325 e. The molecule has 0 aromatic heterocycles. The molecule has 122 valence electrons. The van der Waals surface area contributed by atoms with Crippen molar-refractivity contribution in [2.24, 2.45) is 0 Å². The van der Waals surface area contributed by atoms with Crippen LogP contribution in [0.5, 0.6) is 5.75 Å². The Kier molecular flexibility index (Phi) is 6.30. The van der Waals surface area contributed by atoms with Crippen molar-refractivity contribution in [3.63, 3.8) is 0 Å². The van der Waals surface area contributed by atoms with Gasteiger partial charge in [-0.25, -0.2) is 0 Å². The standard InChI is InChI=1S/C14H21N3O5/c1-16-10-6-11(12(20-2)5-9(10)15)17(7-13(18)21-3)8-14(19)22-4/h5-6,16H,7-8,15H2,1-4H3. The molecule has 0 spiro atoms. The predicted molar refractivity (Wildman–Crippen MR) is 83.2 cm³/mol. The van der Waals surface area contributed by atoms with Gasteiger partial charge in [0.05, 0.1) is 38.4 Å². The Morgan fingerprint density at radius 1 is 1.14 bits per heavy atom. The summed E-state index contributed by atoms with van der Waals surface area (Å²) in [5.41, 5.74) is 7.55. The van der Waals surface area contributed by atoms with Crippen molar-refractivity contribution in [3.05, 3.63) is 12.1 Å². The van der Waals surface area contributed by atoms with Crippen LogP contribution < -0.4 is 20.7 Å². The van der Waals surface area contributed by atoms with Crippen molar-refractivity contribution in [2.45, 2.75) is 0 Å². The molecule has 0 heterocycles. The molecule has 8 nitrogen and oxygen atoms in total. The number of esters is 2. The van der Waals surface area contributed by atoms with E-state index in [-0.39, 0.29) is 13.1 Å². The van der Waals surface area contributed by atoms with Crippen molar-refractivity contribution in [1.82, 2.24) is 0 Å². The summed E-state index contributed by atoms with van der Waals surface area (Å²) in [6.07, 6.45) is 0. The highest BCUT2D eigenvalue weighted by Gasteiger charge is 2.21. The van der Waals surface area contributed by atoms with Crippen LogP contribution in [0.1, 0.15) is 0 Å². The molecule has 1 rings (SSSR count). The van der Waals surface area contributed by atoms with Crippen molar-refractivity contribution in [2.75, 3.05) is 57.4 Å². The van der Waals surface area contributed by atoms with Crippen LogP contribution in [0, 0.1) is 0 Å². The number of methoxy groups -OCH3 is 3. The zero-order chi connectivity index (χ0) is 16.7. The monoisotopic (exact) mass is 311 g/mol. The highest BCUT2D eigenvalue weighted by atomic mass is 16.5. The van der Waals surface area contributed by atoms with Gasteiger partial charge < -0.3 is 30.2 Å². The minimum absolute atomic E-state index is 0.130. The van der Waals surface area contributed by atoms with E-state index in [1.807, 2.05) is 0 Å². The van der Waals surface area contributed by atoms with Crippen molar-refractivity contribution >= 4 is 29.0 Å². The average molecular weight is 311 g/mol. The number of ether oxygens (including phenoxy) is 3. The maximum Gasteiger partial charge on any atom is 0.325 e. The molecule has 8 heteroatoms. The van der Waals surface area contributed by atoms with Gasteiger partial charge in [0.15, 0.2) is 0 Å². The number of nitrogens with one attached hydrogen (secondary N) is 1. The second kappa shape index (κ2) is 7.96. The van der Waals surface area contributed by atoms with Gasteiger partial charge in [0.25, 0.3) is 0 Å². The zero-order valence-corrected chi connectivity index (χ0v) is 13.1. The molecular weight excluding hydrogens is 290 g/mol. The second-order valence-corrected chi connectivity index (χ2v) is 4.37. The van der Waals surface area contributed by atoms with Gasteiger partial charge in [0, 0.05) is 13.1 Å². The van der Waals surface area contributed by atoms with Crippen LogP contribution in [0.3, 0.4) is 0 Å². The Morgan fingerprint density at radius 2 is 1.68 bits per heavy atom. The third-order valence-corrected chi connectivity index (χ3v) is 3.06. The Bertz CT molecular complexity index is 530. The summed E-state index contributed by atoms with van der Waals surface area (Å²) in [4.78, 5) is 24.7. The fourth-order valence-corrected chi connectivity index (χ4v) is 1.88. The third kappa shape index (κ3) is 4.18. The lowest BCUT2D eigenvalue weighted by Crippen LogP contribution is -2.36. The molecule has 0 radical (unpaired) electrons. The van der Waals surface area contributed by atoms with E-state index in [2.05, 4.69) is 14.8 Å². The number of nitrogens with zero attached hydrogens (tertiary/aromatic N) is 1. The van der Waals surface area contributed by atoms with Crippen molar-refractivity contribution in [1.29, 1.82) is 0 Å². The first kappa shape index (κ1) is 17.4. The Hall–Kier alpha value is -2.64. The highest BCUT2D eigenvalue weighted by Crippen LogP contribution is 2.35. The number of hydrogen-bond acceptors (Lipinski definition) is 8. The third-order valence-electron chi connectivity index (χ3n) is 3.06. The summed E-state index contributed by atoms with van der Waals surface area (Å²) < 4.78 is 14.6. The average Bonchev–Trinajstić information content (AvgIpc) is 2.53. The van der Waals surface area contributed by atoms with Gasteiger partial charge in [0.2, 0.25) is 0 Å². The van der Waals surface area contributed by atoms with E-state index >= 15 is 0 Å². The number of hydrogen-bond donors (Lipinski definition) is 2. The number of nitrogens with two attached hydrogens (primary N) is 1. The van der Waals surface area contributed by atoms with E-state index in [4.69, 9.17) is 10.5 Å². The first-order valence-corrected chi connectivity index (χ1v) is 6.50. The van der Waals surface area contributed by atoms with Crippen LogP contribution in [-0.2, 0) is 19.1 Å². The minimum atomic E-state index is -0.492. The van der Waals surface area contributed by atoms with Gasteiger partial charge >= 0.3 is 11.9 Å². The molecule has 0 aliphatic carbocycles. The number of carbonyl (C=O) groups is 2. The van der Waals surface area contributed by atoms with Crippen molar-refractivity contribution in [3.8, 4) is 5.75 Å². The van der Waals surface area contributed by atoms with E-state index in [9.17, 15) is 9.59 Å². The van der Waals surface area contributed by atoms with E-state index < -0.39 is 11.9 Å². The van der Waals surface area contributed by atoms with Gasteiger partial charge in [0.1, 0.15) is 18.8 Å². The largest absolute Gasteiger partial charge is 0.495 e. The van der Waals surface area contributed by atoms with Crippen LogP contribution in [-0.4, -0.2) is 53.4 Å². The number of benzene rings is 1. The van der Waals surface area contributed by atoms with Gasteiger partial charge in [-0.2, -0.15) is 0 Å². The fourth-order valence-electron chi connectivity index (χ4n) is 1.88. The van der Waals surface area contributed by atoms with E-state index in [1.165, 1.54) is 26.2 Å². The van der Waals surface area contributed by atoms with Crippen LogP contribution >= 0.6 is 0 Å². The molecule has 0 bridgehead atoms. The molecule has 0 aliphatic rings. The second-order valence-electron chi connectivity index (χ2n) is 4.37. The Labute approximate surface area is 129 Å². The predicted octanol–water partition coefficient (Wildman–Crippen LogP) is 0.472. The molecule has 22 heavy (non-hydrogen) atoms. The first-order valence-electron chi connectivity index (χ1n) is 6.50. The summed E-state index contributed by atoms with van der Waals surface area (Å²) in [5, 5.41) is 2.94. The molecule has 0 unspecified atom stereocenters.